The average molecular weight is 358 g/mol. The lowest BCUT2D eigenvalue weighted by atomic mass is 10.0. The van der Waals surface area contributed by atoms with Crippen molar-refractivity contribution in [1.82, 2.24) is 5.32 Å². The molecule has 132 valence electrons. The van der Waals surface area contributed by atoms with Crippen LogP contribution in [-0.4, -0.2) is 27.1 Å². The molecule has 1 aliphatic heterocycles. The van der Waals surface area contributed by atoms with Gasteiger partial charge in [0.2, 0.25) is 10.0 Å². The fourth-order valence-corrected chi connectivity index (χ4v) is 4.25. The van der Waals surface area contributed by atoms with Gasteiger partial charge in [0, 0.05) is 12.1 Å². The summed E-state index contributed by atoms with van der Waals surface area (Å²) in [5.41, 5.74) is 4.33. The number of amides is 1. The van der Waals surface area contributed by atoms with Gasteiger partial charge < -0.3 is 5.32 Å². The van der Waals surface area contributed by atoms with E-state index in [2.05, 4.69) is 5.32 Å². The first kappa shape index (κ1) is 17.5. The normalized spacial score (nSPS) is 14.9. The summed E-state index contributed by atoms with van der Waals surface area (Å²) in [6.45, 7) is 4.41. The maximum Gasteiger partial charge on any atom is 0.251 e. The molecule has 0 aliphatic carbocycles. The fourth-order valence-electron chi connectivity index (χ4n) is 3.29. The predicted molar refractivity (Wildman–Crippen MR) is 99.4 cm³/mol. The van der Waals surface area contributed by atoms with Crippen molar-refractivity contribution in [1.29, 1.82) is 0 Å². The number of sulfonamides is 1. The quantitative estimate of drug-likeness (QED) is 0.914. The van der Waals surface area contributed by atoms with Gasteiger partial charge in [0.25, 0.3) is 5.91 Å². The zero-order valence-electron chi connectivity index (χ0n) is 14.6. The molecule has 1 aliphatic rings. The Morgan fingerprint density at radius 3 is 2.60 bits per heavy atom. The SMILES string of the molecule is Cc1ccccc1[C@H](C)NC(=O)c1ccc2c(c1)CCN2S(C)(=O)=O. The molecule has 3 rings (SSSR count). The van der Waals surface area contributed by atoms with E-state index in [-0.39, 0.29) is 11.9 Å². The van der Waals surface area contributed by atoms with Crippen molar-refractivity contribution in [3.63, 3.8) is 0 Å². The summed E-state index contributed by atoms with van der Waals surface area (Å²) in [5.74, 6) is -0.156. The van der Waals surface area contributed by atoms with E-state index in [4.69, 9.17) is 0 Å². The summed E-state index contributed by atoms with van der Waals surface area (Å²) >= 11 is 0. The van der Waals surface area contributed by atoms with Crippen LogP contribution in [0.25, 0.3) is 0 Å². The van der Waals surface area contributed by atoms with Gasteiger partial charge in [-0.25, -0.2) is 8.42 Å². The number of nitrogens with one attached hydrogen (secondary N) is 1. The largest absolute Gasteiger partial charge is 0.346 e. The van der Waals surface area contributed by atoms with Gasteiger partial charge in [-0.15, -0.1) is 0 Å². The van der Waals surface area contributed by atoms with Crippen molar-refractivity contribution in [2.75, 3.05) is 17.1 Å². The van der Waals surface area contributed by atoms with Crippen LogP contribution < -0.4 is 9.62 Å². The molecule has 0 saturated heterocycles. The van der Waals surface area contributed by atoms with Gasteiger partial charge in [0.05, 0.1) is 18.0 Å². The van der Waals surface area contributed by atoms with Gasteiger partial charge >= 0.3 is 0 Å². The Morgan fingerprint density at radius 1 is 1.20 bits per heavy atom. The van der Waals surface area contributed by atoms with Gasteiger partial charge in [-0.05, 0) is 55.2 Å². The number of aryl methyl sites for hydroxylation is 1. The lowest BCUT2D eigenvalue weighted by Gasteiger charge is -2.18. The molecule has 0 radical (unpaired) electrons. The number of fused-ring (bicyclic) bond motifs is 1. The Hall–Kier alpha value is -2.34. The van der Waals surface area contributed by atoms with E-state index in [1.54, 1.807) is 18.2 Å². The number of carbonyl (C=O) groups is 1. The standard InChI is InChI=1S/C19H22N2O3S/c1-13-6-4-5-7-17(13)14(2)20-19(22)16-8-9-18-15(12-16)10-11-21(18)25(3,23)24/h4-9,12,14H,10-11H2,1-3H3,(H,20,22)/t14-/m0/s1. The summed E-state index contributed by atoms with van der Waals surface area (Å²) < 4.78 is 25.0. The van der Waals surface area contributed by atoms with E-state index in [0.717, 1.165) is 16.7 Å². The molecule has 25 heavy (non-hydrogen) atoms. The van der Waals surface area contributed by atoms with Crippen molar-refractivity contribution in [3.05, 3.63) is 64.7 Å². The smallest absolute Gasteiger partial charge is 0.251 e. The molecule has 2 aromatic rings. The molecule has 0 bridgehead atoms. The summed E-state index contributed by atoms with van der Waals surface area (Å²) in [7, 11) is -3.28. The van der Waals surface area contributed by atoms with Crippen LogP contribution in [0.2, 0.25) is 0 Å². The van der Waals surface area contributed by atoms with Crippen molar-refractivity contribution >= 4 is 21.6 Å². The third-order valence-corrected chi connectivity index (χ3v) is 5.78. The molecule has 1 N–H and O–H groups in total. The second-order valence-electron chi connectivity index (χ2n) is 6.48. The van der Waals surface area contributed by atoms with Crippen LogP contribution in [0.5, 0.6) is 0 Å². The second-order valence-corrected chi connectivity index (χ2v) is 8.39. The Kier molecular flexibility index (Phi) is 4.56. The molecule has 1 atom stereocenters. The predicted octanol–water partition coefficient (Wildman–Crippen LogP) is 2.81. The van der Waals surface area contributed by atoms with E-state index < -0.39 is 10.0 Å². The van der Waals surface area contributed by atoms with E-state index in [0.29, 0.717) is 24.2 Å². The van der Waals surface area contributed by atoms with Crippen molar-refractivity contribution < 1.29 is 13.2 Å². The third kappa shape index (κ3) is 3.54. The lowest BCUT2D eigenvalue weighted by Crippen LogP contribution is -2.28. The number of rotatable bonds is 4. The van der Waals surface area contributed by atoms with Gasteiger partial charge in [-0.1, -0.05) is 24.3 Å². The Morgan fingerprint density at radius 2 is 1.92 bits per heavy atom. The highest BCUT2D eigenvalue weighted by molar-refractivity contribution is 7.92. The minimum absolute atomic E-state index is 0.102. The van der Waals surface area contributed by atoms with Crippen LogP contribution in [-0.2, 0) is 16.4 Å². The summed E-state index contributed by atoms with van der Waals surface area (Å²) in [6.07, 6.45) is 1.82. The highest BCUT2D eigenvalue weighted by atomic mass is 32.2. The van der Waals surface area contributed by atoms with E-state index in [1.807, 2.05) is 38.1 Å². The minimum Gasteiger partial charge on any atom is -0.346 e. The van der Waals surface area contributed by atoms with E-state index in [1.165, 1.54) is 10.6 Å². The number of nitrogens with zero attached hydrogens (tertiary/aromatic N) is 1. The Balaban J connectivity index is 1.79. The van der Waals surface area contributed by atoms with Crippen molar-refractivity contribution in [2.24, 2.45) is 0 Å². The van der Waals surface area contributed by atoms with Gasteiger partial charge in [0.15, 0.2) is 0 Å². The molecular formula is C19H22N2O3S. The van der Waals surface area contributed by atoms with Crippen LogP contribution in [0.1, 0.15) is 40.0 Å². The van der Waals surface area contributed by atoms with E-state index >= 15 is 0 Å². The zero-order valence-corrected chi connectivity index (χ0v) is 15.4. The Labute approximate surface area is 148 Å². The maximum absolute atomic E-state index is 12.6. The van der Waals surface area contributed by atoms with Gasteiger partial charge in [-0.3, -0.25) is 9.10 Å². The third-order valence-electron chi connectivity index (χ3n) is 4.60. The van der Waals surface area contributed by atoms with Crippen LogP contribution >= 0.6 is 0 Å². The van der Waals surface area contributed by atoms with Crippen LogP contribution in [0.4, 0.5) is 5.69 Å². The minimum atomic E-state index is -3.28. The summed E-state index contributed by atoms with van der Waals surface area (Å²) in [6, 6.07) is 13.1. The fraction of sp³-hybridized carbons (Fsp3) is 0.316. The molecule has 2 aromatic carbocycles. The van der Waals surface area contributed by atoms with Crippen LogP contribution in [0.3, 0.4) is 0 Å². The molecule has 0 saturated carbocycles. The maximum atomic E-state index is 12.6. The number of hydrogen-bond acceptors (Lipinski definition) is 3. The molecule has 0 fully saturated rings. The molecular weight excluding hydrogens is 336 g/mol. The molecule has 6 heteroatoms. The van der Waals surface area contributed by atoms with Crippen molar-refractivity contribution in [3.8, 4) is 0 Å². The first-order valence-electron chi connectivity index (χ1n) is 8.24. The molecule has 0 spiro atoms. The first-order chi connectivity index (χ1) is 11.8. The number of hydrogen-bond donors (Lipinski definition) is 1. The summed E-state index contributed by atoms with van der Waals surface area (Å²) in [5, 5.41) is 3.02. The van der Waals surface area contributed by atoms with Crippen molar-refractivity contribution in [2.45, 2.75) is 26.3 Å². The topological polar surface area (TPSA) is 66.5 Å². The Bertz CT molecular complexity index is 922. The zero-order chi connectivity index (χ0) is 18.2. The number of anilines is 1. The number of benzene rings is 2. The second kappa shape index (κ2) is 6.52. The highest BCUT2D eigenvalue weighted by Crippen LogP contribution is 2.30. The molecule has 0 unspecified atom stereocenters. The van der Waals surface area contributed by atoms with Crippen LogP contribution in [0, 0.1) is 6.92 Å². The molecule has 1 amide bonds. The lowest BCUT2D eigenvalue weighted by molar-refractivity contribution is 0.0939. The first-order valence-corrected chi connectivity index (χ1v) is 10.1. The van der Waals surface area contributed by atoms with E-state index in [9.17, 15) is 13.2 Å². The average Bonchev–Trinajstić information content (AvgIpc) is 2.98. The molecule has 0 aromatic heterocycles. The van der Waals surface area contributed by atoms with Crippen LogP contribution in [0.15, 0.2) is 42.5 Å². The number of carbonyl (C=O) groups excluding carboxylic acids is 1. The summed E-state index contributed by atoms with van der Waals surface area (Å²) in [4.78, 5) is 12.6. The van der Waals surface area contributed by atoms with Gasteiger partial charge in [-0.2, -0.15) is 0 Å². The highest BCUT2D eigenvalue weighted by Gasteiger charge is 2.27. The van der Waals surface area contributed by atoms with Gasteiger partial charge in [0.1, 0.15) is 0 Å². The monoisotopic (exact) mass is 358 g/mol. The molecule has 5 nitrogen and oxygen atoms in total. The molecule has 1 heterocycles.